The van der Waals surface area contributed by atoms with Gasteiger partial charge in [0.05, 0.1) is 12.1 Å². The van der Waals surface area contributed by atoms with Crippen LogP contribution in [0.5, 0.6) is 5.75 Å². The summed E-state index contributed by atoms with van der Waals surface area (Å²) >= 11 is 5.97. The van der Waals surface area contributed by atoms with E-state index in [4.69, 9.17) is 21.1 Å². The minimum Gasteiger partial charge on any atom is -0.497 e. The largest absolute Gasteiger partial charge is 0.497 e. The number of halogens is 1. The third-order valence-corrected chi connectivity index (χ3v) is 6.12. The molecule has 0 radical (unpaired) electrons. The van der Waals surface area contributed by atoms with Crippen LogP contribution in [0.2, 0.25) is 5.02 Å². The number of ether oxygens (including phenoxy) is 2. The summed E-state index contributed by atoms with van der Waals surface area (Å²) in [5.41, 5.74) is 0.930. The van der Waals surface area contributed by atoms with Gasteiger partial charge in [0.25, 0.3) is 5.91 Å². The Kier molecular flexibility index (Phi) is 7.99. The topological polar surface area (TPSA) is 102 Å². The number of nitrogens with zero attached hydrogens (tertiary/aromatic N) is 1. The molecule has 2 aromatic rings. The number of anilines is 1. The van der Waals surface area contributed by atoms with Gasteiger partial charge in [0.15, 0.2) is 6.61 Å². The first-order valence-corrected chi connectivity index (χ1v) is 10.5. The molecule has 0 aromatic heterocycles. The lowest BCUT2D eigenvalue weighted by molar-refractivity contribution is -0.142. The SMILES string of the molecule is COc1cccc(C=CC(=O)OCC(=O)Nc2ccc(Cl)c(S(=O)(=O)N(C)C)c2)c1. The highest BCUT2D eigenvalue weighted by molar-refractivity contribution is 7.89. The number of amides is 1. The number of methoxy groups -OCH3 is 1. The van der Waals surface area contributed by atoms with Crippen LogP contribution in [-0.2, 0) is 24.3 Å². The summed E-state index contributed by atoms with van der Waals surface area (Å²) in [6.45, 7) is -0.542. The van der Waals surface area contributed by atoms with Crippen LogP contribution >= 0.6 is 11.6 Å². The van der Waals surface area contributed by atoms with E-state index in [1.807, 2.05) is 0 Å². The van der Waals surface area contributed by atoms with Crippen LogP contribution in [0, 0.1) is 0 Å². The zero-order valence-corrected chi connectivity index (χ0v) is 18.2. The number of nitrogens with one attached hydrogen (secondary N) is 1. The maximum absolute atomic E-state index is 12.3. The zero-order valence-electron chi connectivity index (χ0n) is 16.6. The number of hydrogen-bond donors (Lipinski definition) is 1. The molecule has 1 N–H and O–H groups in total. The number of rotatable bonds is 8. The standard InChI is InChI=1S/C20H21ClN2O6S/c1-23(2)30(26,27)18-12-15(8-9-17(18)21)22-19(24)13-29-20(25)10-7-14-5-4-6-16(11-14)28-3/h4-12H,13H2,1-3H3,(H,22,24). The molecule has 0 unspecified atom stereocenters. The van der Waals surface area contributed by atoms with E-state index in [-0.39, 0.29) is 15.6 Å². The zero-order chi connectivity index (χ0) is 22.3. The van der Waals surface area contributed by atoms with Crippen LogP contribution in [0.15, 0.2) is 53.4 Å². The van der Waals surface area contributed by atoms with Gasteiger partial charge in [-0.2, -0.15) is 0 Å². The van der Waals surface area contributed by atoms with Crippen molar-refractivity contribution in [3.8, 4) is 5.75 Å². The van der Waals surface area contributed by atoms with E-state index >= 15 is 0 Å². The van der Waals surface area contributed by atoms with E-state index in [9.17, 15) is 18.0 Å². The molecule has 8 nitrogen and oxygen atoms in total. The van der Waals surface area contributed by atoms with E-state index in [1.165, 1.54) is 51.6 Å². The second-order valence-corrected chi connectivity index (χ2v) is 8.73. The van der Waals surface area contributed by atoms with Crippen molar-refractivity contribution in [2.45, 2.75) is 4.90 Å². The fourth-order valence-corrected chi connectivity index (χ4v) is 3.66. The van der Waals surface area contributed by atoms with Crippen LogP contribution in [0.1, 0.15) is 5.56 Å². The fourth-order valence-electron chi connectivity index (χ4n) is 2.27. The van der Waals surface area contributed by atoms with E-state index < -0.39 is 28.5 Å². The van der Waals surface area contributed by atoms with Gasteiger partial charge in [0.2, 0.25) is 10.0 Å². The van der Waals surface area contributed by atoms with Crippen LogP contribution < -0.4 is 10.1 Å². The van der Waals surface area contributed by atoms with Gasteiger partial charge in [-0.1, -0.05) is 23.7 Å². The van der Waals surface area contributed by atoms with Crippen LogP contribution in [0.3, 0.4) is 0 Å². The maximum atomic E-state index is 12.3. The predicted molar refractivity (Wildman–Crippen MR) is 114 cm³/mol. The molecule has 30 heavy (non-hydrogen) atoms. The van der Waals surface area contributed by atoms with E-state index in [1.54, 1.807) is 24.3 Å². The van der Waals surface area contributed by atoms with Gasteiger partial charge in [0.1, 0.15) is 10.6 Å². The average Bonchev–Trinajstić information content (AvgIpc) is 2.72. The Balaban J connectivity index is 1.96. The molecule has 160 valence electrons. The molecule has 0 saturated carbocycles. The fraction of sp³-hybridized carbons (Fsp3) is 0.200. The van der Waals surface area contributed by atoms with Crippen LogP contribution in [-0.4, -0.2) is 52.4 Å². The molecule has 0 bridgehead atoms. The van der Waals surface area contributed by atoms with E-state index in [0.717, 1.165) is 9.87 Å². The highest BCUT2D eigenvalue weighted by Gasteiger charge is 2.21. The first-order chi connectivity index (χ1) is 14.1. The van der Waals surface area contributed by atoms with E-state index in [2.05, 4.69) is 5.32 Å². The predicted octanol–water partition coefficient (Wildman–Crippen LogP) is 2.79. The third kappa shape index (κ3) is 6.31. The summed E-state index contributed by atoms with van der Waals surface area (Å²) in [6, 6.07) is 11.1. The van der Waals surface area contributed by atoms with E-state index in [0.29, 0.717) is 5.75 Å². The summed E-state index contributed by atoms with van der Waals surface area (Å²) in [4.78, 5) is 23.7. The Morgan fingerprint density at radius 2 is 1.90 bits per heavy atom. The quantitative estimate of drug-likeness (QED) is 0.488. The molecule has 0 aliphatic rings. The lowest BCUT2D eigenvalue weighted by Crippen LogP contribution is -2.23. The van der Waals surface area contributed by atoms with Crippen LogP contribution in [0.25, 0.3) is 6.08 Å². The number of sulfonamides is 1. The van der Waals surface area contributed by atoms with Gasteiger partial charge in [-0.3, -0.25) is 4.79 Å². The van der Waals surface area contributed by atoms with Crippen molar-refractivity contribution in [1.82, 2.24) is 4.31 Å². The first-order valence-electron chi connectivity index (χ1n) is 8.64. The van der Waals surface area contributed by atoms with Gasteiger partial charge >= 0.3 is 5.97 Å². The normalized spacial score (nSPS) is 11.5. The van der Waals surface area contributed by atoms with Crippen molar-refractivity contribution in [3.05, 3.63) is 59.1 Å². The molecule has 0 saturated heterocycles. The molecule has 0 aliphatic carbocycles. The van der Waals surface area contributed by atoms with Crippen molar-refractivity contribution >= 4 is 45.3 Å². The Labute approximate surface area is 180 Å². The van der Waals surface area contributed by atoms with Gasteiger partial charge in [-0.25, -0.2) is 17.5 Å². The minimum atomic E-state index is -3.78. The second-order valence-electron chi connectivity index (χ2n) is 6.20. The summed E-state index contributed by atoms with van der Waals surface area (Å²) in [5, 5.41) is 2.49. The van der Waals surface area contributed by atoms with Crippen LogP contribution in [0.4, 0.5) is 5.69 Å². The smallest absolute Gasteiger partial charge is 0.331 e. The molecule has 1 amide bonds. The molecule has 10 heteroatoms. The molecule has 0 aliphatic heterocycles. The van der Waals surface area contributed by atoms with Gasteiger partial charge in [-0.15, -0.1) is 0 Å². The molecule has 0 spiro atoms. The average molecular weight is 453 g/mol. The Morgan fingerprint density at radius 1 is 1.17 bits per heavy atom. The molecule has 0 heterocycles. The summed E-state index contributed by atoms with van der Waals surface area (Å²) in [6.07, 6.45) is 2.71. The number of benzene rings is 2. The number of carbonyl (C=O) groups excluding carboxylic acids is 2. The third-order valence-electron chi connectivity index (χ3n) is 3.82. The Bertz CT molecular complexity index is 1070. The summed E-state index contributed by atoms with van der Waals surface area (Å²) < 4.78 is 35.6. The highest BCUT2D eigenvalue weighted by atomic mass is 35.5. The minimum absolute atomic E-state index is 0.0239. The van der Waals surface area contributed by atoms with Gasteiger partial charge in [0, 0.05) is 25.9 Å². The first kappa shape index (κ1) is 23.4. The lowest BCUT2D eigenvalue weighted by Gasteiger charge is -2.14. The lowest BCUT2D eigenvalue weighted by atomic mass is 10.2. The van der Waals surface area contributed by atoms with Crippen molar-refractivity contribution in [2.24, 2.45) is 0 Å². The van der Waals surface area contributed by atoms with Gasteiger partial charge < -0.3 is 14.8 Å². The number of carbonyl (C=O) groups is 2. The monoisotopic (exact) mass is 452 g/mol. The van der Waals surface area contributed by atoms with Crippen molar-refractivity contribution < 1.29 is 27.5 Å². The Hall–Kier alpha value is -2.88. The van der Waals surface area contributed by atoms with Crippen molar-refractivity contribution in [2.75, 3.05) is 33.1 Å². The second kappa shape index (κ2) is 10.2. The summed E-state index contributed by atoms with van der Waals surface area (Å²) in [7, 11) is 0.494. The Morgan fingerprint density at radius 3 is 2.57 bits per heavy atom. The molecule has 0 atom stereocenters. The maximum Gasteiger partial charge on any atom is 0.331 e. The van der Waals surface area contributed by atoms with Gasteiger partial charge in [-0.05, 0) is 42.0 Å². The van der Waals surface area contributed by atoms with Crippen molar-refractivity contribution in [3.63, 3.8) is 0 Å². The molecular formula is C20H21ClN2O6S. The molecular weight excluding hydrogens is 432 g/mol. The highest BCUT2D eigenvalue weighted by Crippen LogP contribution is 2.26. The summed E-state index contributed by atoms with van der Waals surface area (Å²) in [5.74, 6) is -0.697. The molecule has 0 fully saturated rings. The van der Waals surface area contributed by atoms with Crippen molar-refractivity contribution in [1.29, 1.82) is 0 Å². The molecule has 2 rings (SSSR count). The molecule has 2 aromatic carbocycles. The number of esters is 1. The number of hydrogen-bond acceptors (Lipinski definition) is 6.